The summed E-state index contributed by atoms with van der Waals surface area (Å²) in [5, 5.41) is 5.53. The molecule has 178 valence electrons. The van der Waals surface area contributed by atoms with Crippen LogP contribution in [0.4, 0.5) is 4.79 Å². The predicted molar refractivity (Wildman–Crippen MR) is 127 cm³/mol. The van der Waals surface area contributed by atoms with Gasteiger partial charge in [0.25, 0.3) is 0 Å². The Morgan fingerprint density at radius 2 is 1.88 bits per heavy atom. The van der Waals surface area contributed by atoms with E-state index >= 15 is 0 Å². The lowest BCUT2D eigenvalue weighted by Crippen LogP contribution is -2.52. The topological polar surface area (TPSA) is 87.7 Å². The first-order chi connectivity index (χ1) is 14.9. The fourth-order valence-electron chi connectivity index (χ4n) is 3.32. The summed E-state index contributed by atoms with van der Waals surface area (Å²) >= 11 is 0. The van der Waals surface area contributed by atoms with Gasteiger partial charge in [-0.25, -0.2) is 4.79 Å². The van der Waals surface area contributed by atoms with E-state index in [1.54, 1.807) is 33.8 Å². The first kappa shape index (κ1) is 27.2. The zero-order valence-electron chi connectivity index (χ0n) is 20.6. The van der Waals surface area contributed by atoms with E-state index in [0.717, 1.165) is 29.5 Å². The normalized spacial score (nSPS) is 13.0. The Kier molecular flexibility index (Phi) is 10.4. The lowest BCUT2D eigenvalue weighted by atomic mass is 9.96. The Bertz CT molecular complexity index is 814. The second kappa shape index (κ2) is 12.3. The van der Waals surface area contributed by atoms with Gasteiger partial charge in [-0.15, -0.1) is 6.58 Å². The van der Waals surface area contributed by atoms with Gasteiger partial charge in [0.05, 0.1) is 0 Å². The molecular weight excluding hydrogens is 406 g/mol. The highest BCUT2D eigenvalue weighted by molar-refractivity contribution is 5.92. The third-order valence-electron chi connectivity index (χ3n) is 4.82. The van der Waals surface area contributed by atoms with Gasteiger partial charge in [-0.3, -0.25) is 9.59 Å². The first-order valence-electron chi connectivity index (χ1n) is 11.2. The summed E-state index contributed by atoms with van der Waals surface area (Å²) in [6, 6.07) is 4.06. The highest BCUT2D eigenvalue weighted by Gasteiger charge is 2.34. The Morgan fingerprint density at radius 3 is 2.41 bits per heavy atom. The lowest BCUT2D eigenvalue weighted by Gasteiger charge is -2.33. The molecular formula is C25H39N3O4. The maximum atomic E-state index is 13.4. The molecule has 3 amide bonds. The first-order valence-corrected chi connectivity index (χ1v) is 11.2. The van der Waals surface area contributed by atoms with Gasteiger partial charge in [-0.2, -0.15) is 0 Å². The Morgan fingerprint density at radius 1 is 1.22 bits per heavy atom. The molecule has 0 aliphatic carbocycles. The number of amides is 3. The Labute approximate surface area is 192 Å². The van der Waals surface area contributed by atoms with Crippen molar-refractivity contribution in [1.82, 2.24) is 15.5 Å². The molecule has 0 spiro atoms. The van der Waals surface area contributed by atoms with Gasteiger partial charge in [-0.1, -0.05) is 43.2 Å². The van der Waals surface area contributed by atoms with E-state index in [-0.39, 0.29) is 12.5 Å². The van der Waals surface area contributed by atoms with Gasteiger partial charge in [0.2, 0.25) is 11.8 Å². The van der Waals surface area contributed by atoms with Gasteiger partial charge in [0.1, 0.15) is 17.7 Å². The smallest absolute Gasteiger partial charge is 0.408 e. The van der Waals surface area contributed by atoms with Crippen LogP contribution >= 0.6 is 0 Å². The van der Waals surface area contributed by atoms with Crippen molar-refractivity contribution in [3.8, 4) is 0 Å². The monoisotopic (exact) mass is 445 g/mol. The van der Waals surface area contributed by atoms with Gasteiger partial charge < -0.3 is 20.3 Å². The summed E-state index contributed by atoms with van der Waals surface area (Å²) in [4.78, 5) is 40.3. The molecule has 1 aromatic carbocycles. The van der Waals surface area contributed by atoms with Crippen molar-refractivity contribution in [3.05, 3.63) is 47.5 Å². The third kappa shape index (κ3) is 8.36. The van der Waals surface area contributed by atoms with Gasteiger partial charge in [-0.05, 0) is 59.1 Å². The van der Waals surface area contributed by atoms with Crippen LogP contribution in [0.3, 0.4) is 0 Å². The summed E-state index contributed by atoms with van der Waals surface area (Å²) < 4.78 is 5.27. The largest absolute Gasteiger partial charge is 0.444 e. The van der Waals surface area contributed by atoms with E-state index in [1.807, 2.05) is 39.0 Å². The van der Waals surface area contributed by atoms with Crippen molar-refractivity contribution >= 4 is 17.9 Å². The number of aryl methyl sites for hydroxylation is 2. The van der Waals surface area contributed by atoms with Crippen molar-refractivity contribution in [3.63, 3.8) is 0 Å². The number of rotatable bonds is 10. The molecule has 0 aromatic heterocycles. The van der Waals surface area contributed by atoms with Gasteiger partial charge in [0, 0.05) is 13.1 Å². The van der Waals surface area contributed by atoms with E-state index in [1.165, 1.54) is 4.90 Å². The summed E-state index contributed by atoms with van der Waals surface area (Å²) in [7, 11) is 0. The Hall–Kier alpha value is -2.83. The quantitative estimate of drug-likeness (QED) is 0.418. The molecule has 0 aliphatic rings. The second-order valence-corrected chi connectivity index (χ2v) is 9.05. The van der Waals surface area contributed by atoms with Crippen LogP contribution in [0.5, 0.6) is 0 Å². The highest BCUT2D eigenvalue weighted by atomic mass is 16.6. The van der Waals surface area contributed by atoms with Crippen LogP contribution < -0.4 is 10.6 Å². The minimum Gasteiger partial charge on any atom is -0.444 e. The minimum atomic E-state index is -0.888. The van der Waals surface area contributed by atoms with Crippen molar-refractivity contribution in [2.45, 2.75) is 79.0 Å². The summed E-state index contributed by atoms with van der Waals surface area (Å²) in [6.45, 7) is 17.2. The third-order valence-corrected chi connectivity index (χ3v) is 4.82. The van der Waals surface area contributed by atoms with Gasteiger partial charge >= 0.3 is 6.09 Å². The molecule has 2 unspecified atom stereocenters. The van der Waals surface area contributed by atoms with Crippen LogP contribution in [0.2, 0.25) is 0 Å². The standard InChI is InChI=1S/C25H39N3O4/c1-9-11-14-26-22(29)21(20-13-12-17(3)16-18(20)4)28(15-10-2)23(30)19(5)27-24(31)32-25(6,7)8/h10,12-13,16,19,21H,2,9,11,14-15H2,1,3-8H3,(H,26,29)(H,27,31). The average Bonchev–Trinajstić information content (AvgIpc) is 2.67. The SMILES string of the molecule is C=CCN(C(=O)C(C)NC(=O)OC(C)(C)C)C(C(=O)NCCCC)c1ccc(C)cc1C. The van der Waals surface area contributed by atoms with E-state index in [2.05, 4.69) is 17.2 Å². The number of alkyl carbamates (subject to hydrolysis) is 1. The van der Waals surface area contributed by atoms with Crippen molar-refractivity contribution in [1.29, 1.82) is 0 Å². The number of hydrogen-bond donors (Lipinski definition) is 2. The number of unbranched alkanes of at least 4 members (excludes halogenated alkanes) is 1. The summed E-state index contributed by atoms with van der Waals surface area (Å²) in [5.41, 5.74) is 2.03. The average molecular weight is 446 g/mol. The number of nitrogens with one attached hydrogen (secondary N) is 2. The number of benzene rings is 1. The lowest BCUT2D eigenvalue weighted by molar-refractivity contribution is -0.141. The molecule has 2 atom stereocenters. The molecule has 0 aliphatic heterocycles. The molecule has 0 fully saturated rings. The summed E-state index contributed by atoms with van der Waals surface area (Å²) in [5.74, 6) is -0.656. The molecule has 7 nitrogen and oxygen atoms in total. The molecule has 0 radical (unpaired) electrons. The molecule has 32 heavy (non-hydrogen) atoms. The van der Waals surface area contributed by atoms with Crippen LogP contribution in [0, 0.1) is 13.8 Å². The zero-order chi connectivity index (χ0) is 24.5. The number of hydrogen-bond acceptors (Lipinski definition) is 4. The van der Waals surface area contributed by atoms with E-state index in [4.69, 9.17) is 4.74 Å². The number of nitrogens with zero attached hydrogens (tertiary/aromatic N) is 1. The maximum absolute atomic E-state index is 13.4. The molecule has 2 N–H and O–H groups in total. The predicted octanol–water partition coefficient (Wildman–Crippen LogP) is 4.19. The molecule has 1 rings (SSSR count). The maximum Gasteiger partial charge on any atom is 0.408 e. The van der Waals surface area contributed by atoms with Crippen LogP contribution in [-0.4, -0.2) is 47.5 Å². The van der Waals surface area contributed by atoms with Crippen LogP contribution in [0.25, 0.3) is 0 Å². The fraction of sp³-hybridized carbons (Fsp3) is 0.560. The number of carbonyl (C=O) groups excluding carboxylic acids is 3. The number of ether oxygens (including phenoxy) is 1. The van der Waals surface area contributed by atoms with Crippen molar-refractivity contribution in [2.75, 3.05) is 13.1 Å². The Balaban J connectivity index is 3.27. The molecule has 0 saturated heterocycles. The van der Waals surface area contributed by atoms with Crippen molar-refractivity contribution in [2.24, 2.45) is 0 Å². The minimum absolute atomic E-state index is 0.151. The molecule has 0 bridgehead atoms. The van der Waals surface area contributed by atoms with Crippen LogP contribution in [0.15, 0.2) is 30.9 Å². The van der Waals surface area contributed by atoms with Crippen LogP contribution in [-0.2, 0) is 14.3 Å². The summed E-state index contributed by atoms with van der Waals surface area (Å²) in [6.07, 6.45) is 2.68. The van der Waals surface area contributed by atoms with Crippen LogP contribution in [0.1, 0.15) is 70.2 Å². The molecule has 0 heterocycles. The van der Waals surface area contributed by atoms with E-state index in [9.17, 15) is 14.4 Å². The van der Waals surface area contributed by atoms with E-state index in [0.29, 0.717) is 6.54 Å². The van der Waals surface area contributed by atoms with E-state index < -0.39 is 29.7 Å². The molecule has 0 saturated carbocycles. The van der Waals surface area contributed by atoms with Crippen molar-refractivity contribution < 1.29 is 19.1 Å². The highest BCUT2D eigenvalue weighted by Crippen LogP contribution is 2.26. The fourth-order valence-corrected chi connectivity index (χ4v) is 3.32. The zero-order valence-corrected chi connectivity index (χ0v) is 20.6. The second-order valence-electron chi connectivity index (χ2n) is 9.05. The number of carbonyl (C=O) groups is 3. The molecule has 1 aromatic rings. The van der Waals surface area contributed by atoms with Gasteiger partial charge in [0.15, 0.2) is 0 Å². The molecule has 7 heteroatoms.